The van der Waals surface area contributed by atoms with Crippen LogP contribution in [0.5, 0.6) is 17.2 Å². The molecule has 1 aromatic rings. The minimum Gasteiger partial charge on any atom is -0.465 e. The van der Waals surface area contributed by atoms with E-state index in [2.05, 4.69) is 13.8 Å². The molecule has 1 aromatic carbocycles. The lowest BCUT2D eigenvalue weighted by molar-refractivity contribution is -0.212. The summed E-state index contributed by atoms with van der Waals surface area (Å²) in [6, 6.07) is 3.92. The van der Waals surface area contributed by atoms with Gasteiger partial charge in [-0.3, -0.25) is 9.53 Å². The third-order valence-electron chi connectivity index (χ3n) is 6.94. The Hall–Kier alpha value is -2.21. The van der Waals surface area contributed by atoms with Gasteiger partial charge in [0.1, 0.15) is 5.75 Å². The number of fused-ring (bicyclic) bond motifs is 3. The number of allylic oxidation sites excluding steroid dienone is 1. The van der Waals surface area contributed by atoms with Crippen LogP contribution in [-0.4, -0.2) is 25.2 Å². The number of rotatable bonds is 0. The third kappa shape index (κ3) is 1.64. The Morgan fingerprint density at radius 3 is 2.69 bits per heavy atom. The second-order valence-electron chi connectivity index (χ2n) is 8.06. The molecular formula is C20H20O6. The van der Waals surface area contributed by atoms with E-state index in [1.165, 1.54) is 0 Å². The lowest BCUT2D eigenvalue weighted by Gasteiger charge is -2.54. The Labute approximate surface area is 151 Å². The summed E-state index contributed by atoms with van der Waals surface area (Å²) >= 11 is 0. The Morgan fingerprint density at radius 1 is 1.04 bits per heavy atom. The van der Waals surface area contributed by atoms with Crippen molar-refractivity contribution in [3.63, 3.8) is 0 Å². The van der Waals surface area contributed by atoms with Gasteiger partial charge in [-0.05, 0) is 24.3 Å². The first kappa shape index (κ1) is 14.9. The average Bonchev–Trinajstić information content (AvgIpc) is 3.23. The number of ether oxygens (including phenoxy) is 5. The highest BCUT2D eigenvalue weighted by Gasteiger charge is 2.66. The van der Waals surface area contributed by atoms with Gasteiger partial charge in [0.25, 0.3) is 5.79 Å². The average molecular weight is 356 g/mol. The van der Waals surface area contributed by atoms with Crippen LogP contribution in [0.3, 0.4) is 0 Å². The smallest absolute Gasteiger partial charge is 0.276 e. The Kier molecular flexibility index (Phi) is 2.72. The quantitative estimate of drug-likeness (QED) is 0.712. The highest BCUT2D eigenvalue weighted by atomic mass is 16.8. The molecule has 3 aliphatic heterocycles. The van der Waals surface area contributed by atoms with Crippen molar-refractivity contribution >= 4 is 5.78 Å². The molecule has 3 heterocycles. The van der Waals surface area contributed by atoms with Crippen LogP contribution in [0.2, 0.25) is 0 Å². The third-order valence-corrected chi connectivity index (χ3v) is 6.94. The largest absolute Gasteiger partial charge is 0.465 e. The van der Waals surface area contributed by atoms with Crippen molar-refractivity contribution in [1.82, 2.24) is 0 Å². The summed E-state index contributed by atoms with van der Waals surface area (Å²) in [5.41, 5.74) is 1.08. The summed E-state index contributed by atoms with van der Waals surface area (Å²) in [4.78, 5) is 12.8. The van der Waals surface area contributed by atoms with Gasteiger partial charge in [0.05, 0.1) is 0 Å². The highest BCUT2D eigenvalue weighted by molar-refractivity contribution is 5.94. The lowest BCUT2D eigenvalue weighted by atomic mass is 9.55. The highest BCUT2D eigenvalue weighted by Crippen LogP contribution is 2.63. The van der Waals surface area contributed by atoms with Crippen LogP contribution in [-0.2, 0) is 14.3 Å². The monoisotopic (exact) mass is 356 g/mol. The first-order valence-electron chi connectivity index (χ1n) is 9.24. The summed E-state index contributed by atoms with van der Waals surface area (Å²) in [6.07, 6.45) is 2.44. The van der Waals surface area contributed by atoms with Gasteiger partial charge in [-0.15, -0.1) is 0 Å². The Balaban J connectivity index is 1.61. The SMILES string of the molecule is C[C@H]1C[C@@H]2C(=O)C=C3OCOC34Oc3cc5c(cc3C([C@@H]1C)[C@@H]24)OCO5. The summed E-state index contributed by atoms with van der Waals surface area (Å²) < 4.78 is 29.3. The number of carbonyl (C=O) groups excluding carboxylic acids is 1. The molecule has 0 radical (unpaired) electrons. The van der Waals surface area contributed by atoms with Gasteiger partial charge >= 0.3 is 0 Å². The van der Waals surface area contributed by atoms with Gasteiger partial charge < -0.3 is 18.9 Å². The number of hydrogen-bond donors (Lipinski definition) is 0. The normalized spacial score (nSPS) is 41.4. The molecule has 0 N–H and O–H groups in total. The number of hydrogen-bond acceptors (Lipinski definition) is 6. The summed E-state index contributed by atoms with van der Waals surface area (Å²) in [6.45, 7) is 4.82. The molecule has 6 heteroatoms. The Bertz CT molecular complexity index is 860. The van der Waals surface area contributed by atoms with Crippen LogP contribution in [0, 0.1) is 23.7 Å². The first-order chi connectivity index (χ1) is 12.6. The van der Waals surface area contributed by atoms with Crippen LogP contribution in [0.25, 0.3) is 0 Å². The van der Waals surface area contributed by atoms with Gasteiger partial charge in [0.15, 0.2) is 29.8 Å². The molecule has 6 atom stereocenters. The zero-order chi connectivity index (χ0) is 17.6. The fourth-order valence-corrected chi connectivity index (χ4v) is 5.55. The number of ketones is 1. The van der Waals surface area contributed by atoms with E-state index < -0.39 is 5.79 Å². The van der Waals surface area contributed by atoms with Gasteiger partial charge in [-0.2, -0.15) is 0 Å². The van der Waals surface area contributed by atoms with Crippen LogP contribution in [0.4, 0.5) is 0 Å². The molecule has 0 amide bonds. The molecular weight excluding hydrogens is 336 g/mol. The van der Waals surface area contributed by atoms with Crippen molar-refractivity contribution in [3.05, 3.63) is 29.5 Å². The number of carbonyl (C=O) groups is 1. The molecule has 6 rings (SSSR count). The minimum atomic E-state index is -1.00. The predicted molar refractivity (Wildman–Crippen MR) is 88.7 cm³/mol. The van der Waals surface area contributed by atoms with Crippen molar-refractivity contribution in [2.75, 3.05) is 13.6 Å². The van der Waals surface area contributed by atoms with E-state index in [4.69, 9.17) is 23.7 Å². The van der Waals surface area contributed by atoms with E-state index in [0.29, 0.717) is 23.3 Å². The predicted octanol–water partition coefficient (Wildman–Crippen LogP) is 2.97. The van der Waals surface area contributed by atoms with Crippen LogP contribution < -0.4 is 14.2 Å². The molecule has 1 saturated carbocycles. The molecule has 6 nitrogen and oxygen atoms in total. The molecule has 2 unspecified atom stereocenters. The second-order valence-corrected chi connectivity index (χ2v) is 8.06. The maximum atomic E-state index is 12.8. The lowest BCUT2D eigenvalue weighted by Crippen LogP contribution is -2.60. The van der Waals surface area contributed by atoms with Crippen molar-refractivity contribution in [3.8, 4) is 17.2 Å². The molecule has 2 aliphatic carbocycles. The first-order valence-corrected chi connectivity index (χ1v) is 9.24. The summed E-state index contributed by atoms with van der Waals surface area (Å²) in [7, 11) is 0. The van der Waals surface area contributed by atoms with Crippen molar-refractivity contribution in [1.29, 1.82) is 0 Å². The van der Waals surface area contributed by atoms with E-state index in [9.17, 15) is 4.79 Å². The molecule has 0 bridgehead atoms. The maximum absolute atomic E-state index is 12.8. The fourth-order valence-electron chi connectivity index (χ4n) is 5.55. The zero-order valence-electron chi connectivity index (χ0n) is 14.7. The Morgan fingerprint density at radius 2 is 1.85 bits per heavy atom. The van der Waals surface area contributed by atoms with E-state index in [-0.39, 0.29) is 37.1 Å². The molecule has 5 aliphatic rings. The van der Waals surface area contributed by atoms with E-state index in [1.54, 1.807) is 6.08 Å². The van der Waals surface area contributed by atoms with Gasteiger partial charge in [0.2, 0.25) is 6.79 Å². The summed E-state index contributed by atoms with van der Waals surface area (Å²) in [5.74, 6) is 2.54. The summed E-state index contributed by atoms with van der Waals surface area (Å²) in [5, 5.41) is 0. The molecule has 1 spiro atoms. The fraction of sp³-hybridized carbons (Fsp3) is 0.550. The topological polar surface area (TPSA) is 63.2 Å². The standard InChI is InChI=1S/C20H20O6/c1-9-3-11-13(21)5-17-20(25-8-24-17)19(11)18(10(9)2)12-4-15-16(23-7-22-15)6-14(12)26-20/h4-6,9-11,18-19H,3,7-8H2,1-2H3/t9-,10+,11+,18?,19+,20?/m0/s1. The van der Waals surface area contributed by atoms with E-state index in [0.717, 1.165) is 23.5 Å². The van der Waals surface area contributed by atoms with Gasteiger partial charge in [-0.1, -0.05) is 13.8 Å². The molecule has 0 aromatic heterocycles. The van der Waals surface area contributed by atoms with Crippen LogP contribution in [0.15, 0.2) is 24.0 Å². The van der Waals surface area contributed by atoms with Crippen molar-refractivity contribution in [2.24, 2.45) is 23.7 Å². The molecule has 26 heavy (non-hydrogen) atoms. The van der Waals surface area contributed by atoms with E-state index >= 15 is 0 Å². The minimum absolute atomic E-state index is 0.0865. The van der Waals surface area contributed by atoms with Crippen molar-refractivity contribution in [2.45, 2.75) is 32.0 Å². The molecule has 136 valence electrons. The number of benzene rings is 1. The van der Waals surface area contributed by atoms with Crippen molar-refractivity contribution < 1.29 is 28.5 Å². The zero-order valence-corrected chi connectivity index (χ0v) is 14.7. The van der Waals surface area contributed by atoms with Crippen LogP contribution in [0.1, 0.15) is 31.7 Å². The van der Waals surface area contributed by atoms with E-state index in [1.807, 2.05) is 12.1 Å². The molecule has 1 saturated heterocycles. The van der Waals surface area contributed by atoms with Crippen LogP contribution >= 0.6 is 0 Å². The van der Waals surface area contributed by atoms with Gasteiger partial charge in [0, 0.05) is 35.5 Å². The second kappa shape index (κ2) is 4.74. The van der Waals surface area contributed by atoms with Gasteiger partial charge in [-0.25, -0.2) is 0 Å². The maximum Gasteiger partial charge on any atom is 0.276 e. The molecule has 2 fully saturated rings.